The van der Waals surface area contributed by atoms with E-state index in [-0.39, 0.29) is 29.2 Å². The summed E-state index contributed by atoms with van der Waals surface area (Å²) in [6.45, 7) is 8.86. The lowest BCUT2D eigenvalue weighted by Crippen LogP contribution is -2.43. The Bertz CT molecular complexity index is 640. The van der Waals surface area contributed by atoms with Gasteiger partial charge in [-0.05, 0) is 51.5 Å². The molecule has 0 radical (unpaired) electrons. The van der Waals surface area contributed by atoms with Gasteiger partial charge >= 0.3 is 6.03 Å². The van der Waals surface area contributed by atoms with Crippen molar-refractivity contribution in [2.45, 2.75) is 39.7 Å². The molecule has 6 heteroatoms. The fourth-order valence-corrected chi connectivity index (χ4v) is 2.96. The predicted octanol–water partition coefficient (Wildman–Crippen LogP) is 3.24. The molecule has 0 aromatic heterocycles. The molecule has 1 heterocycles. The summed E-state index contributed by atoms with van der Waals surface area (Å²) >= 11 is 0. The minimum Gasteiger partial charge on any atom is -0.337 e. The van der Waals surface area contributed by atoms with Gasteiger partial charge in [0.25, 0.3) is 0 Å². The summed E-state index contributed by atoms with van der Waals surface area (Å²) in [6.07, 6.45) is 0.463. The molecule has 0 spiro atoms. The molecule has 3 amide bonds. The molecule has 0 bridgehead atoms. The lowest BCUT2D eigenvalue weighted by atomic mass is 10.1. The summed E-state index contributed by atoms with van der Waals surface area (Å²) in [5.74, 6) is -0.0361. The molecule has 5 nitrogen and oxygen atoms in total. The van der Waals surface area contributed by atoms with Gasteiger partial charge in [-0.25, -0.2) is 9.18 Å². The second-order valence-corrected chi connectivity index (χ2v) is 7.52. The highest BCUT2D eigenvalue weighted by molar-refractivity contribution is 5.89. The zero-order valence-electron chi connectivity index (χ0n) is 15.0. The van der Waals surface area contributed by atoms with Gasteiger partial charge in [-0.3, -0.25) is 4.79 Å². The summed E-state index contributed by atoms with van der Waals surface area (Å²) in [4.78, 5) is 27.8. The molecule has 0 aliphatic carbocycles. The molecule has 1 saturated heterocycles. The Labute approximate surface area is 142 Å². The number of carbonyl (C=O) groups excluding carboxylic acids is 2. The van der Waals surface area contributed by atoms with E-state index in [1.807, 2.05) is 25.7 Å². The predicted molar refractivity (Wildman–Crippen MR) is 92.4 cm³/mol. The van der Waals surface area contributed by atoms with E-state index in [0.717, 1.165) is 0 Å². The number of nitrogens with one attached hydrogen (secondary N) is 1. The minimum absolute atomic E-state index is 0.127. The second-order valence-electron chi connectivity index (χ2n) is 7.52. The summed E-state index contributed by atoms with van der Waals surface area (Å²) < 4.78 is 13.3. The van der Waals surface area contributed by atoms with Crippen LogP contribution in [0.2, 0.25) is 0 Å². The first-order valence-electron chi connectivity index (χ1n) is 8.16. The summed E-state index contributed by atoms with van der Waals surface area (Å²) in [5.41, 5.74) is 0.848. The first-order valence-corrected chi connectivity index (χ1v) is 8.16. The summed E-state index contributed by atoms with van der Waals surface area (Å²) in [5, 5.41) is 2.76. The normalized spacial score (nSPS) is 18.0. The van der Waals surface area contributed by atoms with Crippen LogP contribution in [-0.4, -0.2) is 47.4 Å². The molecule has 1 fully saturated rings. The number of aryl methyl sites for hydroxylation is 1. The monoisotopic (exact) mass is 335 g/mol. The van der Waals surface area contributed by atoms with Crippen molar-refractivity contribution in [3.05, 3.63) is 29.6 Å². The Hall–Kier alpha value is -2.11. The Morgan fingerprint density at radius 1 is 1.42 bits per heavy atom. The molecule has 1 unspecified atom stereocenters. The van der Waals surface area contributed by atoms with Gasteiger partial charge in [0.1, 0.15) is 5.82 Å². The Balaban J connectivity index is 1.92. The van der Waals surface area contributed by atoms with E-state index in [0.29, 0.717) is 30.8 Å². The van der Waals surface area contributed by atoms with Gasteiger partial charge in [-0.1, -0.05) is 0 Å². The largest absolute Gasteiger partial charge is 0.337 e. The summed E-state index contributed by atoms with van der Waals surface area (Å²) in [7, 11) is 1.70. The fourth-order valence-electron chi connectivity index (χ4n) is 2.96. The number of anilines is 1. The second kappa shape index (κ2) is 6.79. The van der Waals surface area contributed by atoms with Gasteiger partial charge < -0.3 is 15.1 Å². The molecule has 1 aromatic carbocycles. The number of nitrogens with zero attached hydrogens (tertiary/aromatic N) is 2. The fraction of sp³-hybridized carbons (Fsp3) is 0.556. The van der Waals surface area contributed by atoms with Crippen molar-refractivity contribution in [2.24, 2.45) is 5.92 Å². The SMILES string of the molecule is Cc1cc(NC(=O)N(C)CC2CC(=O)N(C(C)(C)C)C2)ccc1F. The van der Waals surface area contributed by atoms with Gasteiger partial charge in [0.15, 0.2) is 0 Å². The van der Waals surface area contributed by atoms with Crippen LogP contribution >= 0.6 is 0 Å². The van der Waals surface area contributed by atoms with Crippen LogP contribution < -0.4 is 5.32 Å². The van der Waals surface area contributed by atoms with Crippen molar-refractivity contribution in [3.63, 3.8) is 0 Å². The van der Waals surface area contributed by atoms with Gasteiger partial charge in [-0.15, -0.1) is 0 Å². The third-order valence-electron chi connectivity index (χ3n) is 4.30. The number of likely N-dealkylation sites (tertiary alicyclic amines) is 1. The Morgan fingerprint density at radius 2 is 2.08 bits per heavy atom. The highest BCUT2D eigenvalue weighted by atomic mass is 19.1. The Morgan fingerprint density at radius 3 is 2.62 bits per heavy atom. The standard InChI is InChI=1S/C18H26FN3O2/c1-12-8-14(6-7-15(12)19)20-17(24)21(5)10-13-9-16(23)22(11-13)18(2,3)4/h6-8,13H,9-11H2,1-5H3,(H,20,24). The van der Waals surface area contributed by atoms with Crippen molar-refractivity contribution in [2.75, 3.05) is 25.5 Å². The molecule has 1 aromatic rings. The lowest BCUT2D eigenvalue weighted by Gasteiger charge is -2.32. The summed E-state index contributed by atoms with van der Waals surface area (Å²) in [6, 6.07) is 4.21. The maximum atomic E-state index is 13.3. The number of urea groups is 1. The smallest absolute Gasteiger partial charge is 0.321 e. The number of carbonyl (C=O) groups is 2. The number of halogens is 1. The van der Waals surface area contributed by atoms with Gasteiger partial charge in [0.05, 0.1) is 0 Å². The van der Waals surface area contributed by atoms with Crippen LogP contribution in [0, 0.1) is 18.7 Å². The third-order valence-corrected chi connectivity index (χ3v) is 4.30. The first kappa shape index (κ1) is 18.2. The highest BCUT2D eigenvalue weighted by Crippen LogP contribution is 2.26. The van der Waals surface area contributed by atoms with Crippen LogP contribution in [0.15, 0.2) is 18.2 Å². The van der Waals surface area contributed by atoms with Crippen molar-refractivity contribution >= 4 is 17.6 Å². The van der Waals surface area contributed by atoms with Gasteiger partial charge in [0, 0.05) is 43.7 Å². The number of hydrogen-bond donors (Lipinski definition) is 1. The Kier molecular flexibility index (Phi) is 5.16. The van der Waals surface area contributed by atoms with Crippen LogP contribution in [0.1, 0.15) is 32.8 Å². The van der Waals surface area contributed by atoms with Gasteiger partial charge in [-0.2, -0.15) is 0 Å². The molecule has 1 aliphatic rings. The average Bonchev–Trinajstić information content (AvgIpc) is 2.83. The maximum absolute atomic E-state index is 13.3. The van der Waals surface area contributed by atoms with Crippen LogP contribution in [0.4, 0.5) is 14.9 Å². The van der Waals surface area contributed by atoms with Crippen LogP contribution in [-0.2, 0) is 4.79 Å². The molecule has 132 valence electrons. The van der Waals surface area contributed by atoms with Crippen molar-refractivity contribution in [1.29, 1.82) is 0 Å². The molecular weight excluding hydrogens is 309 g/mol. The molecule has 1 atom stereocenters. The van der Waals surface area contributed by atoms with Gasteiger partial charge in [0.2, 0.25) is 5.91 Å². The minimum atomic E-state index is -0.298. The van der Waals surface area contributed by atoms with Crippen molar-refractivity contribution in [3.8, 4) is 0 Å². The van der Waals surface area contributed by atoms with E-state index in [1.165, 1.54) is 12.1 Å². The van der Waals surface area contributed by atoms with E-state index >= 15 is 0 Å². The highest BCUT2D eigenvalue weighted by Gasteiger charge is 2.36. The van der Waals surface area contributed by atoms with Crippen molar-refractivity contribution in [1.82, 2.24) is 9.80 Å². The zero-order valence-corrected chi connectivity index (χ0v) is 15.0. The third kappa shape index (κ3) is 4.24. The number of benzene rings is 1. The molecule has 1 N–H and O–H groups in total. The topological polar surface area (TPSA) is 52.7 Å². The average molecular weight is 335 g/mol. The number of amides is 3. The first-order chi connectivity index (χ1) is 11.1. The van der Waals surface area contributed by atoms with Crippen LogP contribution in [0.3, 0.4) is 0 Å². The van der Waals surface area contributed by atoms with Crippen LogP contribution in [0.25, 0.3) is 0 Å². The number of hydrogen-bond acceptors (Lipinski definition) is 2. The van der Waals surface area contributed by atoms with Crippen molar-refractivity contribution < 1.29 is 14.0 Å². The number of rotatable bonds is 3. The molecule has 24 heavy (non-hydrogen) atoms. The zero-order chi connectivity index (χ0) is 18.1. The van der Waals surface area contributed by atoms with E-state index in [9.17, 15) is 14.0 Å². The van der Waals surface area contributed by atoms with Crippen LogP contribution in [0.5, 0.6) is 0 Å². The molecule has 1 aliphatic heterocycles. The molecule has 2 rings (SSSR count). The molecular formula is C18H26FN3O2. The van der Waals surface area contributed by atoms with E-state index < -0.39 is 0 Å². The maximum Gasteiger partial charge on any atom is 0.321 e. The van der Waals surface area contributed by atoms with E-state index in [2.05, 4.69) is 5.32 Å². The van der Waals surface area contributed by atoms with E-state index in [1.54, 1.807) is 24.9 Å². The quantitative estimate of drug-likeness (QED) is 0.922. The van der Waals surface area contributed by atoms with E-state index in [4.69, 9.17) is 0 Å². The lowest BCUT2D eigenvalue weighted by molar-refractivity contribution is -0.131. The molecule has 0 saturated carbocycles.